The molecule has 0 aliphatic carbocycles. The highest BCUT2D eigenvalue weighted by Gasteiger charge is 2.10. The van der Waals surface area contributed by atoms with Crippen LogP contribution < -0.4 is 5.32 Å². The molecule has 0 saturated carbocycles. The van der Waals surface area contributed by atoms with Crippen molar-refractivity contribution in [2.45, 2.75) is 52.0 Å². The van der Waals surface area contributed by atoms with Crippen molar-refractivity contribution in [1.82, 2.24) is 5.32 Å². The number of benzene rings is 1. The molecule has 0 fully saturated rings. The van der Waals surface area contributed by atoms with Crippen molar-refractivity contribution in [1.29, 1.82) is 0 Å². The van der Waals surface area contributed by atoms with Gasteiger partial charge < -0.3 is 5.32 Å². The van der Waals surface area contributed by atoms with Crippen molar-refractivity contribution in [3.8, 4) is 0 Å². The minimum absolute atomic E-state index is 0.603. The molecule has 2 heteroatoms. The predicted molar refractivity (Wildman–Crippen MR) is 94.2 cm³/mol. The van der Waals surface area contributed by atoms with E-state index in [1.165, 1.54) is 41.7 Å². The largest absolute Gasteiger partial charge is 0.314 e. The van der Waals surface area contributed by atoms with Gasteiger partial charge in [0.25, 0.3) is 0 Å². The van der Waals surface area contributed by atoms with E-state index in [9.17, 15) is 0 Å². The summed E-state index contributed by atoms with van der Waals surface area (Å²) in [4.78, 5) is 1.51. The minimum atomic E-state index is 0.603. The summed E-state index contributed by atoms with van der Waals surface area (Å²) in [5.41, 5.74) is 2.90. The molecule has 1 N–H and O–H groups in total. The van der Waals surface area contributed by atoms with Crippen LogP contribution in [-0.4, -0.2) is 12.6 Å². The quantitative estimate of drug-likeness (QED) is 0.688. The molecule has 114 valence electrons. The van der Waals surface area contributed by atoms with Crippen LogP contribution in [-0.2, 0) is 12.8 Å². The Labute approximate surface area is 133 Å². The highest BCUT2D eigenvalue weighted by Crippen LogP contribution is 2.16. The first-order chi connectivity index (χ1) is 10.3. The molecule has 2 aromatic rings. The molecule has 1 nitrogen and oxygen atoms in total. The van der Waals surface area contributed by atoms with Crippen LogP contribution in [0.1, 0.15) is 42.2 Å². The Morgan fingerprint density at radius 1 is 1.14 bits per heavy atom. The van der Waals surface area contributed by atoms with E-state index in [2.05, 4.69) is 60.9 Å². The highest BCUT2D eigenvalue weighted by molar-refractivity contribution is 7.09. The molecule has 1 aromatic heterocycles. The molecule has 0 bridgehead atoms. The van der Waals surface area contributed by atoms with Crippen LogP contribution in [0.25, 0.3) is 0 Å². The standard InChI is InChI=1S/C19H27NS/c1-3-13-20-18(10-6-11-19-12-7-14-21-19)15-17-9-5-4-8-16(17)2/h4-5,7-9,12,14,18,20H,3,6,10-11,13,15H2,1-2H3. The predicted octanol–water partition coefficient (Wildman–Crippen LogP) is 4.99. The topological polar surface area (TPSA) is 12.0 Å². The Morgan fingerprint density at radius 2 is 2.00 bits per heavy atom. The normalized spacial score (nSPS) is 12.5. The first-order valence-electron chi connectivity index (χ1n) is 8.10. The molecule has 0 saturated heterocycles. The Morgan fingerprint density at radius 3 is 2.71 bits per heavy atom. The van der Waals surface area contributed by atoms with E-state index in [4.69, 9.17) is 0 Å². The molecular formula is C19H27NS. The zero-order valence-corrected chi connectivity index (χ0v) is 14.1. The van der Waals surface area contributed by atoms with Crippen molar-refractivity contribution in [3.05, 3.63) is 57.8 Å². The van der Waals surface area contributed by atoms with Crippen LogP contribution in [0.4, 0.5) is 0 Å². The minimum Gasteiger partial charge on any atom is -0.314 e. The second-order valence-electron chi connectivity index (χ2n) is 5.75. The van der Waals surface area contributed by atoms with Gasteiger partial charge in [0.15, 0.2) is 0 Å². The molecule has 0 spiro atoms. The maximum absolute atomic E-state index is 3.73. The van der Waals surface area contributed by atoms with Gasteiger partial charge in [-0.1, -0.05) is 37.3 Å². The van der Waals surface area contributed by atoms with Crippen molar-refractivity contribution in [2.75, 3.05) is 6.54 Å². The second-order valence-corrected chi connectivity index (χ2v) is 6.79. The molecule has 0 aliphatic heterocycles. The first-order valence-corrected chi connectivity index (χ1v) is 8.98. The number of aryl methyl sites for hydroxylation is 2. The fourth-order valence-corrected chi connectivity index (χ4v) is 3.46. The summed E-state index contributed by atoms with van der Waals surface area (Å²) < 4.78 is 0. The van der Waals surface area contributed by atoms with E-state index >= 15 is 0 Å². The lowest BCUT2D eigenvalue weighted by molar-refractivity contribution is 0.464. The summed E-state index contributed by atoms with van der Waals surface area (Å²) in [5, 5.41) is 5.90. The molecule has 1 heterocycles. The van der Waals surface area contributed by atoms with Crippen molar-refractivity contribution < 1.29 is 0 Å². The summed E-state index contributed by atoms with van der Waals surface area (Å²) in [6.07, 6.45) is 6.10. The summed E-state index contributed by atoms with van der Waals surface area (Å²) in [6.45, 7) is 5.58. The van der Waals surface area contributed by atoms with Crippen molar-refractivity contribution in [2.24, 2.45) is 0 Å². The van der Waals surface area contributed by atoms with Gasteiger partial charge in [0, 0.05) is 10.9 Å². The fourth-order valence-electron chi connectivity index (χ4n) is 2.71. The summed E-state index contributed by atoms with van der Waals surface area (Å²) in [6, 6.07) is 13.8. The summed E-state index contributed by atoms with van der Waals surface area (Å²) in [7, 11) is 0. The Balaban J connectivity index is 1.86. The molecule has 1 aromatic carbocycles. The molecule has 21 heavy (non-hydrogen) atoms. The molecule has 1 unspecified atom stereocenters. The molecule has 0 amide bonds. The third-order valence-electron chi connectivity index (χ3n) is 3.97. The van der Waals surface area contributed by atoms with Crippen LogP contribution >= 0.6 is 11.3 Å². The fraction of sp³-hybridized carbons (Fsp3) is 0.474. The number of hydrogen-bond acceptors (Lipinski definition) is 2. The van der Waals surface area contributed by atoms with Gasteiger partial charge in [-0.05, 0) is 68.1 Å². The third kappa shape index (κ3) is 5.64. The van der Waals surface area contributed by atoms with Crippen LogP contribution in [0.5, 0.6) is 0 Å². The molecular weight excluding hydrogens is 274 g/mol. The van der Waals surface area contributed by atoms with Gasteiger partial charge in [0.05, 0.1) is 0 Å². The van der Waals surface area contributed by atoms with E-state index in [1.807, 2.05) is 11.3 Å². The van der Waals surface area contributed by atoms with Gasteiger partial charge in [-0.3, -0.25) is 0 Å². The van der Waals surface area contributed by atoms with Crippen LogP contribution in [0.15, 0.2) is 41.8 Å². The maximum atomic E-state index is 3.73. The van der Waals surface area contributed by atoms with Gasteiger partial charge in [-0.2, -0.15) is 0 Å². The molecule has 0 radical (unpaired) electrons. The summed E-state index contributed by atoms with van der Waals surface area (Å²) >= 11 is 1.88. The lowest BCUT2D eigenvalue weighted by atomic mass is 9.97. The van der Waals surface area contributed by atoms with Crippen LogP contribution in [0.3, 0.4) is 0 Å². The third-order valence-corrected chi connectivity index (χ3v) is 4.90. The second kappa shape index (κ2) is 9.01. The monoisotopic (exact) mass is 301 g/mol. The van der Waals surface area contributed by atoms with E-state index in [-0.39, 0.29) is 0 Å². The molecule has 1 atom stereocenters. The smallest absolute Gasteiger partial charge is 0.0108 e. The van der Waals surface area contributed by atoms with E-state index < -0.39 is 0 Å². The zero-order valence-electron chi connectivity index (χ0n) is 13.3. The van der Waals surface area contributed by atoms with Gasteiger partial charge in [-0.25, -0.2) is 0 Å². The Hall–Kier alpha value is -1.12. The lowest BCUT2D eigenvalue weighted by Gasteiger charge is -2.19. The SMILES string of the molecule is CCCNC(CCCc1cccs1)Cc1ccccc1C. The van der Waals surface area contributed by atoms with Crippen molar-refractivity contribution >= 4 is 11.3 Å². The zero-order chi connectivity index (χ0) is 14.9. The number of hydrogen-bond donors (Lipinski definition) is 1. The van der Waals surface area contributed by atoms with Gasteiger partial charge >= 0.3 is 0 Å². The number of thiophene rings is 1. The van der Waals surface area contributed by atoms with Crippen LogP contribution in [0, 0.1) is 6.92 Å². The summed E-state index contributed by atoms with van der Waals surface area (Å²) in [5.74, 6) is 0. The van der Waals surface area contributed by atoms with Gasteiger partial charge in [0.2, 0.25) is 0 Å². The van der Waals surface area contributed by atoms with Gasteiger partial charge in [0.1, 0.15) is 0 Å². The maximum Gasteiger partial charge on any atom is 0.0108 e. The first kappa shape index (κ1) is 16.3. The number of nitrogens with one attached hydrogen (secondary N) is 1. The highest BCUT2D eigenvalue weighted by atomic mass is 32.1. The average Bonchev–Trinajstić information content (AvgIpc) is 3.00. The molecule has 2 rings (SSSR count). The Kier molecular flexibility index (Phi) is 6.98. The van der Waals surface area contributed by atoms with Crippen molar-refractivity contribution in [3.63, 3.8) is 0 Å². The van der Waals surface area contributed by atoms with Gasteiger partial charge in [-0.15, -0.1) is 11.3 Å². The number of rotatable bonds is 9. The van der Waals surface area contributed by atoms with E-state index in [0.717, 1.165) is 13.0 Å². The van der Waals surface area contributed by atoms with Crippen LogP contribution in [0.2, 0.25) is 0 Å². The molecule has 0 aliphatic rings. The lowest BCUT2D eigenvalue weighted by Crippen LogP contribution is -2.32. The van der Waals surface area contributed by atoms with E-state index in [1.54, 1.807) is 0 Å². The van der Waals surface area contributed by atoms with E-state index in [0.29, 0.717) is 6.04 Å². The Bertz CT molecular complexity index is 504. The average molecular weight is 301 g/mol.